The second-order valence-corrected chi connectivity index (χ2v) is 5.58. The van der Waals surface area contributed by atoms with Gasteiger partial charge < -0.3 is 19.4 Å². The van der Waals surface area contributed by atoms with Gasteiger partial charge in [0, 0.05) is 31.0 Å². The summed E-state index contributed by atoms with van der Waals surface area (Å²) < 4.78 is 11.4. The average molecular weight is 323 g/mol. The van der Waals surface area contributed by atoms with Crippen LogP contribution in [0.3, 0.4) is 0 Å². The van der Waals surface area contributed by atoms with Gasteiger partial charge in [0.05, 0.1) is 18.6 Å². The number of para-hydroxylation sites is 1. The van der Waals surface area contributed by atoms with Crippen molar-refractivity contribution in [1.82, 2.24) is 4.98 Å². The molecular formula is C18H17N3O3. The Morgan fingerprint density at radius 3 is 2.67 bits per heavy atom. The number of hydrogen-bond acceptors (Lipinski definition) is 6. The van der Waals surface area contributed by atoms with Crippen molar-refractivity contribution in [3.8, 4) is 0 Å². The molecule has 1 aliphatic heterocycles. The van der Waals surface area contributed by atoms with Crippen molar-refractivity contribution in [2.45, 2.75) is 0 Å². The van der Waals surface area contributed by atoms with Crippen molar-refractivity contribution in [2.24, 2.45) is 0 Å². The molecule has 0 atom stereocenters. The Balaban J connectivity index is 1.79. The lowest BCUT2D eigenvalue weighted by Gasteiger charge is -2.27. The summed E-state index contributed by atoms with van der Waals surface area (Å²) in [5, 5.41) is 3.73. The summed E-state index contributed by atoms with van der Waals surface area (Å²) in [6.45, 7) is 2.67. The van der Waals surface area contributed by atoms with Gasteiger partial charge in [0.1, 0.15) is 0 Å². The molecule has 24 heavy (non-hydrogen) atoms. The minimum absolute atomic E-state index is 0.0729. The molecule has 4 rings (SSSR count). The van der Waals surface area contributed by atoms with Crippen LogP contribution in [0.4, 0.5) is 17.4 Å². The van der Waals surface area contributed by atoms with Gasteiger partial charge in [-0.1, -0.05) is 18.2 Å². The maximum Gasteiger partial charge on any atom is 0.200 e. The predicted molar refractivity (Wildman–Crippen MR) is 93.0 cm³/mol. The molecule has 0 unspecified atom stereocenters. The molecule has 1 N–H and O–H groups in total. The third-order valence-electron chi connectivity index (χ3n) is 3.99. The number of hydrogen-bond donors (Lipinski definition) is 1. The molecule has 0 amide bonds. The third-order valence-corrected chi connectivity index (χ3v) is 3.99. The summed E-state index contributed by atoms with van der Waals surface area (Å²) in [6.07, 6.45) is 1.61. The maximum atomic E-state index is 12.5. The lowest BCUT2D eigenvalue weighted by Crippen LogP contribution is -2.36. The molecular weight excluding hydrogens is 306 g/mol. The van der Waals surface area contributed by atoms with E-state index in [0.29, 0.717) is 49.0 Å². The molecule has 1 aliphatic rings. The Kier molecular flexibility index (Phi) is 3.88. The number of pyridine rings is 1. The molecule has 0 spiro atoms. The van der Waals surface area contributed by atoms with E-state index < -0.39 is 0 Å². The topological polar surface area (TPSA) is 67.6 Å². The Bertz CT molecular complexity index is 902. The second kappa shape index (κ2) is 6.33. The van der Waals surface area contributed by atoms with Crippen LogP contribution in [0.1, 0.15) is 0 Å². The zero-order valence-electron chi connectivity index (χ0n) is 13.1. The van der Waals surface area contributed by atoms with Crippen molar-refractivity contribution in [3.63, 3.8) is 0 Å². The molecule has 122 valence electrons. The smallest absolute Gasteiger partial charge is 0.200 e. The summed E-state index contributed by atoms with van der Waals surface area (Å²) >= 11 is 0. The lowest BCUT2D eigenvalue weighted by molar-refractivity contribution is 0.121. The van der Waals surface area contributed by atoms with Gasteiger partial charge in [-0.3, -0.25) is 4.79 Å². The summed E-state index contributed by atoms with van der Waals surface area (Å²) in [7, 11) is 0. The number of fused-ring (bicyclic) bond motifs is 1. The first-order valence-electron chi connectivity index (χ1n) is 7.89. The van der Waals surface area contributed by atoms with Gasteiger partial charge in [0.25, 0.3) is 0 Å². The van der Waals surface area contributed by atoms with E-state index >= 15 is 0 Å². The summed E-state index contributed by atoms with van der Waals surface area (Å²) in [6, 6.07) is 12.9. The van der Waals surface area contributed by atoms with Crippen molar-refractivity contribution in [1.29, 1.82) is 0 Å². The lowest BCUT2D eigenvalue weighted by atomic mass is 10.2. The normalized spacial score (nSPS) is 14.8. The van der Waals surface area contributed by atoms with E-state index in [1.807, 2.05) is 35.2 Å². The monoisotopic (exact) mass is 323 g/mol. The number of aromatic nitrogens is 1. The quantitative estimate of drug-likeness (QED) is 0.799. The summed E-state index contributed by atoms with van der Waals surface area (Å²) in [5.41, 5.74) is 1.28. The van der Waals surface area contributed by atoms with Crippen LogP contribution in [-0.4, -0.2) is 31.3 Å². The highest BCUT2D eigenvalue weighted by Crippen LogP contribution is 2.26. The molecule has 0 bridgehead atoms. The minimum atomic E-state index is -0.0729. The predicted octanol–water partition coefficient (Wildman–Crippen LogP) is 2.77. The molecule has 1 aromatic carbocycles. The van der Waals surface area contributed by atoms with Crippen LogP contribution in [-0.2, 0) is 4.74 Å². The van der Waals surface area contributed by atoms with E-state index in [9.17, 15) is 4.79 Å². The van der Waals surface area contributed by atoms with Crippen LogP contribution in [0.5, 0.6) is 0 Å². The van der Waals surface area contributed by atoms with Gasteiger partial charge in [0.2, 0.25) is 0 Å². The third kappa shape index (κ3) is 2.83. The van der Waals surface area contributed by atoms with Crippen LogP contribution in [0, 0.1) is 0 Å². The molecule has 0 aliphatic carbocycles. The number of nitrogens with one attached hydrogen (secondary N) is 1. The van der Waals surface area contributed by atoms with Gasteiger partial charge >= 0.3 is 0 Å². The van der Waals surface area contributed by atoms with Crippen LogP contribution in [0.25, 0.3) is 11.0 Å². The van der Waals surface area contributed by atoms with E-state index in [1.54, 1.807) is 18.3 Å². The largest absolute Gasteiger partial charge is 0.436 e. The molecule has 3 heterocycles. The Labute approximate surface area is 138 Å². The fourth-order valence-corrected chi connectivity index (χ4v) is 2.76. The van der Waals surface area contributed by atoms with Crippen molar-refractivity contribution >= 4 is 28.4 Å². The fourth-order valence-electron chi connectivity index (χ4n) is 2.76. The molecule has 1 saturated heterocycles. The number of anilines is 3. The minimum Gasteiger partial charge on any atom is -0.436 e. The van der Waals surface area contributed by atoms with Gasteiger partial charge in [0.15, 0.2) is 22.7 Å². The Morgan fingerprint density at radius 1 is 1.08 bits per heavy atom. The SMILES string of the molecule is O=c1cc(N2CCOCC2)oc2c(Nc3ccccc3)nccc12. The highest BCUT2D eigenvalue weighted by atomic mass is 16.5. The fraction of sp³-hybridized carbons (Fsp3) is 0.222. The Hall–Kier alpha value is -2.86. The number of nitrogens with zero attached hydrogens (tertiary/aromatic N) is 2. The van der Waals surface area contributed by atoms with Gasteiger partial charge in [-0.25, -0.2) is 4.98 Å². The molecule has 6 heteroatoms. The van der Waals surface area contributed by atoms with Gasteiger partial charge in [-0.2, -0.15) is 0 Å². The molecule has 2 aromatic heterocycles. The van der Waals surface area contributed by atoms with Crippen molar-refractivity contribution < 1.29 is 9.15 Å². The van der Waals surface area contributed by atoms with Crippen molar-refractivity contribution in [2.75, 3.05) is 36.5 Å². The van der Waals surface area contributed by atoms with E-state index in [2.05, 4.69) is 10.3 Å². The zero-order valence-corrected chi connectivity index (χ0v) is 13.1. The molecule has 3 aromatic rings. The van der Waals surface area contributed by atoms with Crippen molar-refractivity contribution in [3.05, 3.63) is 58.9 Å². The molecule has 6 nitrogen and oxygen atoms in total. The van der Waals surface area contributed by atoms with E-state index in [1.165, 1.54) is 0 Å². The first-order chi connectivity index (χ1) is 11.8. The summed E-state index contributed by atoms with van der Waals surface area (Å²) in [4.78, 5) is 18.8. The first kappa shape index (κ1) is 14.7. The van der Waals surface area contributed by atoms with Gasteiger partial charge in [-0.05, 0) is 18.2 Å². The Morgan fingerprint density at radius 2 is 1.88 bits per heavy atom. The number of ether oxygens (including phenoxy) is 1. The highest BCUT2D eigenvalue weighted by molar-refractivity contribution is 5.88. The molecule has 0 radical (unpaired) electrons. The first-order valence-corrected chi connectivity index (χ1v) is 7.89. The second-order valence-electron chi connectivity index (χ2n) is 5.58. The standard InChI is InChI=1S/C18H17N3O3/c22-15-12-16(21-8-10-23-11-9-21)24-17-14(15)6-7-19-18(17)20-13-4-2-1-3-5-13/h1-7,12H,8-11H2,(H,19,20). The van der Waals surface area contributed by atoms with Crippen LogP contribution >= 0.6 is 0 Å². The van der Waals surface area contributed by atoms with Crippen LogP contribution < -0.4 is 15.6 Å². The number of rotatable bonds is 3. The highest BCUT2D eigenvalue weighted by Gasteiger charge is 2.17. The average Bonchev–Trinajstić information content (AvgIpc) is 2.64. The number of morpholine rings is 1. The van der Waals surface area contributed by atoms with Crippen LogP contribution in [0.2, 0.25) is 0 Å². The van der Waals surface area contributed by atoms with E-state index in [0.717, 1.165) is 5.69 Å². The van der Waals surface area contributed by atoms with E-state index in [-0.39, 0.29) is 5.43 Å². The zero-order chi connectivity index (χ0) is 16.4. The van der Waals surface area contributed by atoms with E-state index in [4.69, 9.17) is 9.15 Å². The number of benzene rings is 1. The molecule has 0 saturated carbocycles. The van der Waals surface area contributed by atoms with Gasteiger partial charge in [-0.15, -0.1) is 0 Å². The van der Waals surface area contributed by atoms with Crippen LogP contribution in [0.15, 0.2) is 57.9 Å². The molecule has 1 fully saturated rings. The maximum absolute atomic E-state index is 12.5. The summed E-state index contributed by atoms with van der Waals surface area (Å²) in [5.74, 6) is 1.09.